The number of halogens is 1. The van der Waals surface area contributed by atoms with Crippen LogP contribution >= 0.6 is 0 Å². The highest BCUT2D eigenvalue weighted by atomic mass is 19.1. The molecule has 0 fully saturated rings. The molecule has 0 aliphatic rings. The standard InChI is InChI=1S/C14H13FN2O2/c15-11-4-1-3-10(7-11)9-16-14(19)17-12-5-2-6-13(18)8-12/h1-8,18H,9H2,(H2,16,17,19). The lowest BCUT2D eigenvalue weighted by Crippen LogP contribution is -2.28. The van der Waals surface area contributed by atoms with Crippen molar-refractivity contribution >= 4 is 11.7 Å². The SMILES string of the molecule is O=C(NCc1cccc(F)c1)Nc1cccc(O)c1. The molecule has 0 aliphatic carbocycles. The van der Waals surface area contributed by atoms with Crippen molar-refractivity contribution in [3.8, 4) is 5.75 Å². The van der Waals surface area contributed by atoms with E-state index >= 15 is 0 Å². The summed E-state index contributed by atoms with van der Waals surface area (Å²) in [6, 6.07) is 11.8. The highest BCUT2D eigenvalue weighted by Crippen LogP contribution is 2.15. The van der Waals surface area contributed by atoms with Gasteiger partial charge in [0.2, 0.25) is 0 Å². The Labute approximate surface area is 109 Å². The Balaban J connectivity index is 1.88. The summed E-state index contributed by atoms with van der Waals surface area (Å²) >= 11 is 0. The number of amides is 2. The molecule has 19 heavy (non-hydrogen) atoms. The van der Waals surface area contributed by atoms with Crippen LogP contribution in [0.3, 0.4) is 0 Å². The second-order valence-corrected chi connectivity index (χ2v) is 3.99. The van der Waals surface area contributed by atoms with Crippen molar-refractivity contribution in [3.05, 3.63) is 59.9 Å². The summed E-state index contributed by atoms with van der Waals surface area (Å²) in [5.41, 5.74) is 1.16. The van der Waals surface area contributed by atoms with Crippen LogP contribution in [0.2, 0.25) is 0 Å². The van der Waals surface area contributed by atoms with E-state index in [9.17, 15) is 14.3 Å². The average Bonchev–Trinajstić information content (AvgIpc) is 2.36. The summed E-state index contributed by atoms with van der Waals surface area (Å²) in [5.74, 6) is -0.268. The second-order valence-electron chi connectivity index (χ2n) is 3.99. The highest BCUT2D eigenvalue weighted by Gasteiger charge is 2.02. The van der Waals surface area contributed by atoms with Crippen LogP contribution in [0.25, 0.3) is 0 Å². The molecule has 0 heterocycles. The van der Waals surface area contributed by atoms with Crippen molar-refractivity contribution in [1.29, 1.82) is 0 Å². The van der Waals surface area contributed by atoms with E-state index in [1.807, 2.05) is 0 Å². The van der Waals surface area contributed by atoms with E-state index in [2.05, 4.69) is 10.6 Å². The molecule has 98 valence electrons. The first-order valence-electron chi connectivity index (χ1n) is 5.72. The Bertz CT molecular complexity index is 587. The van der Waals surface area contributed by atoms with Gasteiger partial charge in [0, 0.05) is 18.3 Å². The lowest BCUT2D eigenvalue weighted by Gasteiger charge is -2.08. The van der Waals surface area contributed by atoms with Crippen LogP contribution in [0.5, 0.6) is 5.75 Å². The molecule has 0 spiro atoms. The quantitative estimate of drug-likeness (QED) is 0.794. The summed E-state index contributed by atoms with van der Waals surface area (Å²) in [5, 5.41) is 14.4. The van der Waals surface area contributed by atoms with Crippen molar-refractivity contribution in [2.24, 2.45) is 0 Å². The zero-order valence-electron chi connectivity index (χ0n) is 10.1. The number of hydrogen-bond donors (Lipinski definition) is 3. The van der Waals surface area contributed by atoms with Gasteiger partial charge < -0.3 is 15.7 Å². The van der Waals surface area contributed by atoms with Gasteiger partial charge in [-0.05, 0) is 29.8 Å². The number of phenolic OH excluding ortho intramolecular Hbond substituents is 1. The van der Waals surface area contributed by atoms with E-state index in [-0.39, 0.29) is 18.1 Å². The van der Waals surface area contributed by atoms with Gasteiger partial charge in [-0.15, -0.1) is 0 Å². The number of hydrogen-bond acceptors (Lipinski definition) is 2. The molecule has 3 N–H and O–H groups in total. The lowest BCUT2D eigenvalue weighted by molar-refractivity contribution is 0.251. The maximum absolute atomic E-state index is 12.9. The minimum Gasteiger partial charge on any atom is -0.508 e. The van der Waals surface area contributed by atoms with E-state index < -0.39 is 6.03 Å². The zero-order chi connectivity index (χ0) is 13.7. The van der Waals surface area contributed by atoms with Crippen molar-refractivity contribution in [2.75, 3.05) is 5.32 Å². The Hall–Kier alpha value is -2.56. The zero-order valence-corrected chi connectivity index (χ0v) is 10.1. The van der Waals surface area contributed by atoms with E-state index in [1.165, 1.54) is 24.3 Å². The van der Waals surface area contributed by atoms with Crippen molar-refractivity contribution in [2.45, 2.75) is 6.54 Å². The molecule has 0 saturated heterocycles. The monoisotopic (exact) mass is 260 g/mol. The summed E-state index contributed by atoms with van der Waals surface area (Å²) in [6.07, 6.45) is 0. The van der Waals surface area contributed by atoms with Gasteiger partial charge in [0.05, 0.1) is 0 Å². The van der Waals surface area contributed by atoms with Gasteiger partial charge in [-0.1, -0.05) is 18.2 Å². The third-order valence-corrected chi connectivity index (χ3v) is 2.45. The molecule has 0 unspecified atom stereocenters. The lowest BCUT2D eigenvalue weighted by atomic mass is 10.2. The number of rotatable bonds is 3. The molecule has 0 atom stereocenters. The third kappa shape index (κ3) is 3.99. The molecule has 0 aromatic heterocycles. The fourth-order valence-corrected chi connectivity index (χ4v) is 1.59. The number of carbonyl (C=O) groups excluding carboxylic acids is 1. The van der Waals surface area contributed by atoms with E-state index in [0.717, 1.165) is 0 Å². The predicted molar refractivity (Wildman–Crippen MR) is 70.4 cm³/mol. The number of carbonyl (C=O) groups is 1. The summed E-state index contributed by atoms with van der Waals surface area (Å²) in [6.45, 7) is 0.225. The molecule has 2 amide bonds. The van der Waals surface area contributed by atoms with Crippen LogP contribution < -0.4 is 10.6 Å². The molecular weight excluding hydrogens is 247 g/mol. The fourth-order valence-electron chi connectivity index (χ4n) is 1.59. The Morgan fingerprint density at radius 2 is 1.95 bits per heavy atom. The van der Waals surface area contributed by atoms with Crippen LogP contribution in [0.15, 0.2) is 48.5 Å². The predicted octanol–water partition coefficient (Wildman–Crippen LogP) is 2.85. The minimum atomic E-state index is -0.421. The molecule has 0 aliphatic heterocycles. The maximum Gasteiger partial charge on any atom is 0.319 e. The Kier molecular flexibility index (Phi) is 3.97. The minimum absolute atomic E-state index is 0.0722. The number of urea groups is 1. The van der Waals surface area contributed by atoms with Crippen LogP contribution in [-0.2, 0) is 6.54 Å². The summed E-state index contributed by atoms with van der Waals surface area (Å²) < 4.78 is 12.9. The number of nitrogens with one attached hydrogen (secondary N) is 2. The summed E-state index contributed by atoms with van der Waals surface area (Å²) in [7, 11) is 0. The molecular formula is C14H13FN2O2. The first-order chi connectivity index (χ1) is 9.13. The van der Waals surface area contributed by atoms with Crippen LogP contribution in [0.4, 0.5) is 14.9 Å². The normalized spacial score (nSPS) is 9.95. The Morgan fingerprint density at radius 1 is 1.16 bits per heavy atom. The van der Waals surface area contributed by atoms with Crippen LogP contribution in [0, 0.1) is 5.82 Å². The molecule has 4 nitrogen and oxygen atoms in total. The molecule has 2 aromatic carbocycles. The van der Waals surface area contributed by atoms with Crippen LogP contribution in [0.1, 0.15) is 5.56 Å². The van der Waals surface area contributed by atoms with Crippen LogP contribution in [-0.4, -0.2) is 11.1 Å². The smallest absolute Gasteiger partial charge is 0.319 e. The van der Waals surface area contributed by atoms with Gasteiger partial charge >= 0.3 is 6.03 Å². The van der Waals surface area contributed by atoms with E-state index in [0.29, 0.717) is 11.3 Å². The molecule has 0 saturated carbocycles. The largest absolute Gasteiger partial charge is 0.508 e. The highest BCUT2D eigenvalue weighted by molar-refractivity contribution is 5.89. The fraction of sp³-hybridized carbons (Fsp3) is 0.0714. The summed E-state index contributed by atoms with van der Waals surface area (Å²) in [4.78, 5) is 11.6. The molecule has 2 aromatic rings. The topological polar surface area (TPSA) is 61.4 Å². The van der Waals surface area contributed by atoms with Gasteiger partial charge in [-0.2, -0.15) is 0 Å². The number of anilines is 1. The van der Waals surface area contributed by atoms with Gasteiger partial charge in [0.25, 0.3) is 0 Å². The molecule has 0 bridgehead atoms. The maximum atomic E-state index is 12.9. The van der Waals surface area contributed by atoms with Gasteiger partial charge in [-0.25, -0.2) is 9.18 Å². The molecule has 0 radical (unpaired) electrons. The van der Waals surface area contributed by atoms with E-state index in [4.69, 9.17) is 0 Å². The number of benzene rings is 2. The van der Waals surface area contributed by atoms with Gasteiger partial charge in [0.1, 0.15) is 11.6 Å². The first kappa shape index (κ1) is 12.9. The second kappa shape index (κ2) is 5.86. The van der Waals surface area contributed by atoms with Gasteiger partial charge in [-0.3, -0.25) is 0 Å². The van der Waals surface area contributed by atoms with Crippen molar-refractivity contribution in [1.82, 2.24) is 5.32 Å². The van der Waals surface area contributed by atoms with Crippen molar-refractivity contribution < 1.29 is 14.3 Å². The third-order valence-electron chi connectivity index (χ3n) is 2.45. The number of aromatic hydroxyl groups is 1. The average molecular weight is 260 g/mol. The molecule has 5 heteroatoms. The van der Waals surface area contributed by atoms with Gasteiger partial charge in [0.15, 0.2) is 0 Å². The van der Waals surface area contributed by atoms with Crippen molar-refractivity contribution in [3.63, 3.8) is 0 Å². The molecule has 2 rings (SSSR count). The first-order valence-corrected chi connectivity index (χ1v) is 5.72. The Morgan fingerprint density at radius 3 is 2.68 bits per heavy atom. The van der Waals surface area contributed by atoms with E-state index in [1.54, 1.807) is 24.3 Å². The number of phenols is 1.